The molecule has 0 bridgehead atoms. The van der Waals surface area contributed by atoms with Gasteiger partial charge in [-0.3, -0.25) is 0 Å². The lowest BCUT2D eigenvalue weighted by molar-refractivity contribution is 0.274. The van der Waals surface area contributed by atoms with Crippen LogP contribution in [0, 0.1) is 23.5 Å². The van der Waals surface area contributed by atoms with Crippen molar-refractivity contribution in [3.8, 4) is 17.6 Å². The summed E-state index contributed by atoms with van der Waals surface area (Å²) in [5.74, 6) is 3.89. The molecule has 2 aromatic carbocycles. The van der Waals surface area contributed by atoms with Crippen LogP contribution < -0.4 is 4.74 Å². The van der Waals surface area contributed by atoms with Gasteiger partial charge in [0, 0.05) is 12.0 Å². The fourth-order valence-corrected chi connectivity index (χ4v) is 1.68. The Kier molecular flexibility index (Phi) is 5.30. The van der Waals surface area contributed by atoms with Crippen molar-refractivity contribution in [2.45, 2.75) is 13.0 Å². The lowest BCUT2D eigenvalue weighted by atomic mass is 10.1. The minimum absolute atomic E-state index is 0.0348. The third-order valence-corrected chi connectivity index (χ3v) is 2.73. The number of para-hydroxylation sites is 1. The summed E-state index contributed by atoms with van der Waals surface area (Å²) in [5.41, 5.74) is 1.59. The van der Waals surface area contributed by atoms with E-state index < -0.39 is 11.6 Å². The minimum atomic E-state index is -0.721. The van der Waals surface area contributed by atoms with E-state index in [0.29, 0.717) is 6.42 Å². The standard InChI is InChI=1S/C17H14F2O2/c18-15-5-3-6-16(19)17(15)21-12-14-9-7-13(8-10-14)4-1-2-11-20/h3,5-10,20H,2,11-12H2. The van der Waals surface area contributed by atoms with E-state index in [4.69, 9.17) is 9.84 Å². The second kappa shape index (κ2) is 7.41. The highest BCUT2D eigenvalue weighted by Crippen LogP contribution is 2.22. The van der Waals surface area contributed by atoms with E-state index in [1.165, 1.54) is 6.07 Å². The van der Waals surface area contributed by atoms with Crippen molar-refractivity contribution < 1.29 is 18.6 Å². The maximum atomic E-state index is 13.4. The first-order valence-corrected chi connectivity index (χ1v) is 6.46. The molecule has 0 aliphatic carbocycles. The zero-order valence-corrected chi connectivity index (χ0v) is 11.3. The van der Waals surface area contributed by atoms with Crippen LogP contribution in [0.4, 0.5) is 8.78 Å². The highest BCUT2D eigenvalue weighted by atomic mass is 19.1. The highest BCUT2D eigenvalue weighted by Gasteiger charge is 2.09. The van der Waals surface area contributed by atoms with Gasteiger partial charge in [-0.1, -0.05) is 30.0 Å². The van der Waals surface area contributed by atoms with Crippen molar-refractivity contribution in [1.29, 1.82) is 0 Å². The molecule has 2 aromatic rings. The van der Waals surface area contributed by atoms with Crippen molar-refractivity contribution in [3.05, 3.63) is 65.2 Å². The maximum Gasteiger partial charge on any atom is 0.191 e. The molecule has 0 saturated carbocycles. The zero-order chi connectivity index (χ0) is 15.1. The molecule has 0 radical (unpaired) electrons. The number of hydrogen-bond donors (Lipinski definition) is 1. The van der Waals surface area contributed by atoms with Gasteiger partial charge in [0.15, 0.2) is 17.4 Å². The normalized spacial score (nSPS) is 9.86. The van der Waals surface area contributed by atoms with Crippen molar-refractivity contribution in [3.63, 3.8) is 0 Å². The molecule has 0 atom stereocenters. The summed E-state index contributed by atoms with van der Waals surface area (Å²) in [6.07, 6.45) is 0.428. The summed E-state index contributed by atoms with van der Waals surface area (Å²) in [5, 5.41) is 8.63. The molecule has 21 heavy (non-hydrogen) atoms. The van der Waals surface area contributed by atoms with Gasteiger partial charge >= 0.3 is 0 Å². The van der Waals surface area contributed by atoms with Crippen LogP contribution in [0.5, 0.6) is 5.75 Å². The predicted molar refractivity (Wildman–Crippen MR) is 75.7 cm³/mol. The average molecular weight is 288 g/mol. The number of aliphatic hydroxyl groups is 1. The molecule has 2 nitrogen and oxygen atoms in total. The smallest absolute Gasteiger partial charge is 0.191 e. The Balaban J connectivity index is 2.00. The molecule has 0 aliphatic rings. The van der Waals surface area contributed by atoms with Crippen LogP contribution in [0.3, 0.4) is 0 Å². The predicted octanol–water partition coefficient (Wildman–Crippen LogP) is 3.28. The first-order chi connectivity index (χ1) is 10.2. The van der Waals surface area contributed by atoms with Crippen LogP contribution in [0.25, 0.3) is 0 Å². The minimum Gasteiger partial charge on any atom is -0.483 e. The average Bonchev–Trinajstić information content (AvgIpc) is 2.48. The summed E-state index contributed by atoms with van der Waals surface area (Å²) in [7, 11) is 0. The van der Waals surface area contributed by atoms with Gasteiger partial charge in [-0.25, -0.2) is 8.78 Å². The van der Waals surface area contributed by atoms with Gasteiger partial charge in [-0.05, 0) is 29.8 Å². The quantitative estimate of drug-likeness (QED) is 0.875. The van der Waals surface area contributed by atoms with E-state index in [0.717, 1.165) is 23.3 Å². The Morgan fingerprint density at radius 1 is 1.00 bits per heavy atom. The fourth-order valence-electron chi connectivity index (χ4n) is 1.68. The maximum absolute atomic E-state index is 13.4. The van der Waals surface area contributed by atoms with E-state index in [1.807, 2.05) is 0 Å². The molecule has 1 N–H and O–H groups in total. The summed E-state index contributed by atoms with van der Waals surface area (Å²) < 4.78 is 31.9. The highest BCUT2D eigenvalue weighted by molar-refractivity contribution is 5.36. The van der Waals surface area contributed by atoms with Gasteiger partial charge in [0.25, 0.3) is 0 Å². The molecule has 0 heterocycles. The number of hydrogen-bond acceptors (Lipinski definition) is 2. The van der Waals surface area contributed by atoms with Gasteiger partial charge in [0.1, 0.15) is 6.61 Å². The molecular formula is C17H14F2O2. The third-order valence-electron chi connectivity index (χ3n) is 2.73. The van der Waals surface area contributed by atoms with Crippen LogP contribution in [-0.2, 0) is 6.61 Å². The number of halogens is 2. The molecule has 0 aromatic heterocycles. The Morgan fingerprint density at radius 2 is 1.67 bits per heavy atom. The molecule has 0 aliphatic heterocycles. The Bertz CT molecular complexity index is 634. The van der Waals surface area contributed by atoms with Crippen LogP contribution in [0.2, 0.25) is 0 Å². The summed E-state index contributed by atoms with van der Waals surface area (Å²) >= 11 is 0. The number of aliphatic hydroxyl groups excluding tert-OH is 1. The van der Waals surface area contributed by atoms with Gasteiger partial charge in [-0.15, -0.1) is 0 Å². The van der Waals surface area contributed by atoms with Gasteiger partial charge < -0.3 is 9.84 Å². The summed E-state index contributed by atoms with van der Waals surface area (Å²) in [4.78, 5) is 0. The monoisotopic (exact) mass is 288 g/mol. The van der Waals surface area contributed by atoms with E-state index >= 15 is 0 Å². The van der Waals surface area contributed by atoms with Crippen molar-refractivity contribution >= 4 is 0 Å². The van der Waals surface area contributed by atoms with Gasteiger partial charge in [0.05, 0.1) is 6.61 Å². The van der Waals surface area contributed by atoms with E-state index in [1.54, 1.807) is 24.3 Å². The van der Waals surface area contributed by atoms with Crippen LogP contribution >= 0.6 is 0 Å². The van der Waals surface area contributed by atoms with Crippen LogP contribution in [0.15, 0.2) is 42.5 Å². The second-order valence-corrected chi connectivity index (χ2v) is 4.31. The molecule has 108 valence electrons. The lowest BCUT2D eigenvalue weighted by Crippen LogP contribution is -1.99. The topological polar surface area (TPSA) is 29.5 Å². The number of benzene rings is 2. The largest absolute Gasteiger partial charge is 0.483 e. The number of rotatable bonds is 4. The molecular weight excluding hydrogens is 274 g/mol. The fraction of sp³-hybridized carbons (Fsp3) is 0.176. The van der Waals surface area contributed by atoms with E-state index in [-0.39, 0.29) is 19.0 Å². The molecule has 4 heteroatoms. The Hall–Kier alpha value is -2.38. The Morgan fingerprint density at radius 3 is 2.29 bits per heavy atom. The molecule has 0 amide bonds. The van der Waals surface area contributed by atoms with Crippen LogP contribution in [-0.4, -0.2) is 11.7 Å². The molecule has 0 fully saturated rings. The van der Waals surface area contributed by atoms with Crippen LogP contribution in [0.1, 0.15) is 17.5 Å². The Labute approximate surface area is 122 Å². The van der Waals surface area contributed by atoms with Crippen molar-refractivity contribution in [1.82, 2.24) is 0 Å². The SMILES string of the molecule is OCCC#Cc1ccc(COc2c(F)cccc2F)cc1. The molecule has 0 spiro atoms. The van der Waals surface area contributed by atoms with Gasteiger partial charge in [0.2, 0.25) is 0 Å². The first-order valence-electron chi connectivity index (χ1n) is 6.46. The zero-order valence-electron chi connectivity index (χ0n) is 11.3. The van der Waals surface area contributed by atoms with Crippen molar-refractivity contribution in [2.75, 3.05) is 6.61 Å². The summed E-state index contributed by atoms with van der Waals surface area (Å²) in [6.45, 7) is 0.106. The molecule has 0 saturated heterocycles. The second-order valence-electron chi connectivity index (χ2n) is 4.31. The van der Waals surface area contributed by atoms with E-state index in [2.05, 4.69) is 11.8 Å². The third kappa shape index (κ3) is 4.30. The lowest BCUT2D eigenvalue weighted by Gasteiger charge is -2.08. The van der Waals surface area contributed by atoms with E-state index in [9.17, 15) is 8.78 Å². The summed E-state index contributed by atoms with van der Waals surface area (Å²) in [6, 6.07) is 10.7. The van der Waals surface area contributed by atoms with Crippen molar-refractivity contribution in [2.24, 2.45) is 0 Å². The molecule has 2 rings (SSSR count). The number of ether oxygens (including phenoxy) is 1. The molecule has 0 unspecified atom stereocenters. The first kappa shape index (κ1) is 15.0. The van der Waals surface area contributed by atoms with Gasteiger partial charge in [-0.2, -0.15) is 0 Å².